The van der Waals surface area contributed by atoms with Gasteiger partial charge >= 0.3 is 0 Å². The Morgan fingerprint density at radius 2 is 2.00 bits per heavy atom. The Balaban J connectivity index is 2.47. The molecule has 0 saturated heterocycles. The molecule has 0 spiro atoms. The van der Waals surface area contributed by atoms with E-state index >= 15 is 0 Å². The average Bonchev–Trinajstić information content (AvgIpc) is 1.98. The van der Waals surface area contributed by atoms with Crippen molar-refractivity contribution in [3.05, 3.63) is 12.2 Å². The molecule has 64 valence electrons. The maximum atomic E-state index is 4.73. The third-order valence-electron chi connectivity index (χ3n) is 2.61. The molecule has 1 atom stereocenters. The first-order chi connectivity index (χ1) is 5.27. The lowest BCUT2D eigenvalue weighted by molar-refractivity contribution is 0.474. The van der Waals surface area contributed by atoms with Crippen molar-refractivity contribution in [1.82, 2.24) is 0 Å². The lowest BCUT2D eigenvalue weighted by atomic mass is 9.91. The molecule has 1 heteroatoms. The van der Waals surface area contributed by atoms with E-state index in [-0.39, 0.29) is 0 Å². The highest BCUT2D eigenvalue weighted by molar-refractivity contribution is 7.81. The van der Waals surface area contributed by atoms with E-state index in [0.717, 1.165) is 0 Å². The zero-order valence-electron chi connectivity index (χ0n) is 7.34. The zero-order chi connectivity index (χ0) is 8.16. The third kappa shape index (κ3) is 2.90. The minimum Gasteiger partial charge on any atom is -0.173 e. The van der Waals surface area contributed by atoms with Crippen LogP contribution in [0.2, 0.25) is 0 Å². The number of allylic oxidation sites excluding steroid dienone is 2. The van der Waals surface area contributed by atoms with Gasteiger partial charge in [-0.05, 0) is 38.5 Å². The van der Waals surface area contributed by atoms with Crippen LogP contribution in [0.25, 0.3) is 0 Å². The van der Waals surface area contributed by atoms with Gasteiger partial charge < -0.3 is 0 Å². The summed E-state index contributed by atoms with van der Waals surface area (Å²) in [6.07, 6.45) is 12.2. The first kappa shape index (κ1) is 9.18. The van der Waals surface area contributed by atoms with Crippen LogP contribution in [0.5, 0.6) is 0 Å². The van der Waals surface area contributed by atoms with Crippen LogP contribution in [0.15, 0.2) is 12.2 Å². The van der Waals surface area contributed by atoms with Gasteiger partial charge in [-0.2, -0.15) is 12.6 Å². The van der Waals surface area contributed by atoms with Crippen molar-refractivity contribution in [2.24, 2.45) is 0 Å². The molecule has 0 N–H and O–H groups in total. The van der Waals surface area contributed by atoms with Gasteiger partial charge in [0.15, 0.2) is 0 Å². The van der Waals surface area contributed by atoms with Crippen LogP contribution >= 0.6 is 12.6 Å². The van der Waals surface area contributed by atoms with Crippen LogP contribution in [0.3, 0.4) is 0 Å². The van der Waals surface area contributed by atoms with E-state index < -0.39 is 0 Å². The molecule has 11 heavy (non-hydrogen) atoms. The molecule has 0 aliphatic heterocycles. The van der Waals surface area contributed by atoms with Gasteiger partial charge in [0.2, 0.25) is 0 Å². The maximum absolute atomic E-state index is 4.73. The Morgan fingerprint density at radius 3 is 2.73 bits per heavy atom. The van der Waals surface area contributed by atoms with Gasteiger partial charge in [0, 0.05) is 4.75 Å². The highest BCUT2D eigenvalue weighted by Gasteiger charge is 2.21. The molecular weight excluding hydrogens is 152 g/mol. The molecule has 0 nitrogen and oxygen atoms in total. The maximum Gasteiger partial charge on any atom is 0.0130 e. The first-order valence-electron chi connectivity index (χ1n) is 4.64. The molecule has 0 aromatic carbocycles. The molecule has 0 amide bonds. The summed E-state index contributed by atoms with van der Waals surface area (Å²) in [5.74, 6) is 0. The summed E-state index contributed by atoms with van der Waals surface area (Å²) in [5.41, 5.74) is 0. The van der Waals surface area contributed by atoms with E-state index in [4.69, 9.17) is 12.6 Å². The minimum atomic E-state index is 0.338. The molecule has 1 rings (SSSR count). The van der Waals surface area contributed by atoms with Gasteiger partial charge in [-0.15, -0.1) is 0 Å². The van der Waals surface area contributed by atoms with Crippen LogP contribution in [0.4, 0.5) is 0 Å². The van der Waals surface area contributed by atoms with Crippen molar-refractivity contribution in [3.8, 4) is 0 Å². The predicted octanol–water partition coefficient (Wildman–Crippen LogP) is 3.59. The Bertz CT molecular complexity index is 140. The van der Waals surface area contributed by atoms with Crippen molar-refractivity contribution < 1.29 is 0 Å². The second-order valence-corrected chi connectivity index (χ2v) is 4.43. The lowest BCUT2D eigenvalue weighted by Gasteiger charge is -2.27. The molecule has 0 radical (unpaired) electrons. The highest BCUT2D eigenvalue weighted by Crippen LogP contribution is 2.32. The fraction of sp³-hybridized carbons (Fsp3) is 0.800. The monoisotopic (exact) mass is 170 g/mol. The van der Waals surface area contributed by atoms with Gasteiger partial charge in [0.05, 0.1) is 0 Å². The van der Waals surface area contributed by atoms with E-state index in [0.29, 0.717) is 4.75 Å². The topological polar surface area (TPSA) is 0 Å². The van der Waals surface area contributed by atoms with Crippen molar-refractivity contribution in [1.29, 1.82) is 0 Å². The molecule has 0 aromatic rings. The van der Waals surface area contributed by atoms with Crippen LogP contribution in [-0.4, -0.2) is 4.75 Å². The fourth-order valence-electron chi connectivity index (χ4n) is 1.62. The number of thiol groups is 1. The van der Waals surface area contributed by atoms with E-state index in [1.165, 1.54) is 38.5 Å². The summed E-state index contributed by atoms with van der Waals surface area (Å²) in [7, 11) is 0. The molecule has 0 bridgehead atoms. The summed E-state index contributed by atoms with van der Waals surface area (Å²) < 4.78 is 0.338. The van der Waals surface area contributed by atoms with E-state index in [2.05, 4.69) is 19.1 Å². The van der Waals surface area contributed by atoms with Crippen LogP contribution in [0, 0.1) is 0 Å². The molecule has 1 aliphatic rings. The largest absolute Gasteiger partial charge is 0.173 e. The molecule has 0 fully saturated rings. The Morgan fingerprint density at radius 1 is 1.27 bits per heavy atom. The van der Waals surface area contributed by atoms with Gasteiger partial charge in [-0.25, -0.2) is 0 Å². The number of hydrogen-bond acceptors (Lipinski definition) is 1. The summed E-state index contributed by atoms with van der Waals surface area (Å²) >= 11 is 4.73. The summed E-state index contributed by atoms with van der Waals surface area (Å²) in [4.78, 5) is 0. The molecule has 0 aromatic heterocycles. The molecule has 0 saturated carbocycles. The van der Waals surface area contributed by atoms with Crippen LogP contribution < -0.4 is 0 Å². The standard InChI is InChI=1S/C10H18S/c1-2-10(11)8-6-4-3-5-7-9-10/h3-4,11H,2,5-9H2,1H3. The average molecular weight is 170 g/mol. The van der Waals surface area contributed by atoms with E-state index in [9.17, 15) is 0 Å². The Hall–Kier alpha value is 0.0900. The Labute approximate surface area is 75.5 Å². The molecular formula is C10H18S. The minimum absolute atomic E-state index is 0.338. The van der Waals surface area contributed by atoms with E-state index in [1.807, 2.05) is 0 Å². The highest BCUT2D eigenvalue weighted by atomic mass is 32.1. The van der Waals surface area contributed by atoms with Gasteiger partial charge in [-0.1, -0.05) is 19.1 Å². The van der Waals surface area contributed by atoms with E-state index in [1.54, 1.807) is 0 Å². The normalized spacial score (nSPS) is 32.9. The predicted molar refractivity (Wildman–Crippen MR) is 54.2 cm³/mol. The van der Waals surface area contributed by atoms with Crippen molar-refractivity contribution in [3.63, 3.8) is 0 Å². The lowest BCUT2D eigenvalue weighted by Crippen LogP contribution is -2.20. The summed E-state index contributed by atoms with van der Waals surface area (Å²) in [5, 5.41) is 0. The second kappa shape index (κ2) is 4.20. The quantitative estimate of drug-likeness (QED) is 0.451. The van der Waals surface area contributed by atoms with Crippen LogP contribution in [-0.2, 0) is 0 Å². The van der Waals surface area contributed by atoms with Crippen molar-refractivity contribution >= 4 is 12.6 Å². The third-order valence-corrected chi connectivity index (χ3v) is 3.38. The van der Waals surface area contributed by atoms with Crippen molar-refractivity contribution in [2.45, 2.75) is 50.2 Å². The van der Waals surface area contributed by atoms with Crippen LogP contribution in [0.1, 0.15) is 45.4 Å². The zero-order valence-corrected chi connectivity index (χ0v) is 8.24. The van der Waals surface area contributed by atoms with Gasteiger partial charge in [0.1, 0.15) is 0 Å². The summed E-state index contributed by atoms with van der Waals surface area (Å²) in [6.45, 7) is 2.25. The number of hydrogen-bond donors (Lipinski definition) is 1. The SMILES string of the molecule is CCC1(S)CCC=CCCC1. The Kier molecular flexibility index (Phi) is 3.50. The number of rotatable bonds is 1. The first-order valence-corrected chi connectivity index (χ1v) is 5.09. The van der Waals surface area contributed by atoms with Gasteiger partial charge in [0.25, 0.3) is 0 Å². The molecule has 1 unspecified atom stereocenters. The smallest absolute Gasteiger partial charge is 0.0130 e. The van der Waals surface area contributed by atoms with Crippen molar-refractivity contribution in [2.75, 3.05) is 0 Å². The summed E-state index contributed by atoms with van der Waals surface area (Å²) in [6, 6.07) is 0. The molecule has 1 aliphatic carbocycles. The fourth-order valence-corrected chi connectivity index (χ4v) is 1.90. The molecule has 0 heterocycles. The second-order valence-electron chi connectivity index (χ2n) is 3.48. The van der Waals surface area contributed by atoms with Gasteiger partial charge in [-0.3, -0.25) is 0 Å².